The van der Waals surface area contributed by atoms with E-state index in [2.05, 4.69) is 15.2 Å². The minimum Gasteiger partial charge on any atom is -0.253 e. The van der Waals surface area contributed by atoms with Crippen LogP contribution in [0.4, 0.5) is 5.82 Å². The number of nitrogens with zero attached hydrogens (tertiary/aromatic N) is 4. The van der Waals surface area contributed by atoms with E-state index in [-0.39, 0.29) is 5.69 Å². The molecule has 5 heteroatoms. The highest BCUT2D eigenvalue weighted by Crippen LogP contribution is 2.13. The highest BCUT2D eigenvalue weighted by atomic mass is 16.1. The van der Waals surface area contributed by atoms with E-state index in [1.807, 2.05) is 0 Å². The van der Waals surface area contributed by atoms with E-state index in [1.54, 1.807) is 6.07 Å². The molecule has 0 unspecified atom stereocenters. The van der Waals surface area contributed by atoms with Crippen molar-refractivity contribution in [2.24, 2.45) is 10.2 Å². The number of aromatic nitrogens is 2. The fraction of sp³-hybridized carbons (Fsp3) is 0.200. The monoisotopic (exact) mass is 136 g/mol. The van der Waals surface area contributed by atoms with E-state index in [1.165, 1.54) is 10.8 Å². The summed E-state index contributed by atoms with van der Waals surface area (Å²) in [7, 11) is 0. The molecule has 0 fully saturated rings. The first-order valence-corrected chi connectivity index (χ1v) is 2.81. The van der Waals surface area contributed by atoms with Crippen LogP contribution in [-0.2, 0) is 6.67 Å². The molecule has 1 aliphatic rings. The molecule has 2 heterocycles. The average molecular weight is 136 g/mol. The molecule has 1 aromatic rings. The van der Waals surface area contributed by atoms with Crippen LogP contribution in [0.1, 0.15) is 0 Å². The third-order valence-electron chi connectivity index (χ3n) is 1.29. The Morgan fingerprint density at radius 2 is 2.50 bits per heavy atom. The van der Waals surface area contributed by atoms with Crippen molar-refractivity contribution in [3.8, 4) is 0 Å². The van der Waals surface area contributed by atoms with E-state index < -0.39 is 0 Å². The first-order valence-electron chi connectivity index (χ1n) is 2.81. The van der Waals surface area contributed by atoms with Crippen molar-refractivity contribution in [3.05, 3.63) is 22.7 Å². The molecular formula is C5H4N4O. The van der Waals surface area contributed by atoms with Gasteiger partial charge in [0.05, 0.1) is 0 Å². The van der Waals surface area contributed by atoms with Crippen molar-refractivity contribution in [1.82, 2.24) is 9.55 Å². The summed E-state index contributed by atoms with van der Waals surface area (Å²) >= 11 is 0. The first kappa shape index (κ1) is 5.28. The summed E-state index contributed by atoms with van der Waals surface area (Å²) in [6, 6.07) is 1.65. The summed E-state index contributed by atoms with van der Waals surface area (Å²) in [5.74, 6) is 0.583. The van der Waals surface area contributed by atoms with Gasteiger partial charge in [-0.15, -0.1) is 5.11 Å². The first-order chi connectivity index (χ1) is 4.88. The number of rotatable bonds is 0. The predicted octanol–water partition coefficient (Wildman–Crippen LogP) is 0.298. The molecule has 0 amide bonds. The smallest absolute Gasteiger partial charge is 0.253 e. The van der Waals surface area contributed by atoms with Crippen LogP contribution >= 0.6 is 0 Å². The average Bonchev–Trinajstić information content (AvgIpc) is 2.36. The molecule has 2 rings (SSSR count). The molecule has 0 saturated carbocycles. The highest BCUT2D eigenvalue weighted by molar-refractivity contribution is 5.25. The summed E-state index contributed by atoms with van der Waals surface area (Å²) in [6.45, 7) is 0.308. The van der Waals surface area contributed by atoms with Gasteiger partial charge in [0.25, 0.3) is 0 Å². The van der Waals surface area contributed by atoms with E-state index in [9.17, 15) is 4.79 Å². The van der Waals surface area contributed by atoms with Gasteiger partial charge in [-0.2, -0.15) is 5.11 Å². The van der Waals surface area contributed by atoms with Crippen LogP contribution in [-0.4, -0.2) is 9.55 Å². The molecule has 0 atom stereocenters. The lowest BCUT2D eigenvalue weighted by atomic mass is 10.6. The fourth-order valence-electron chi connectivity index (χ4n) is 0.813. The zero-order chi connectivity index (χ0) is 6.97. The Bertz CT molecular complexity index is 340. The Morgan fingerprint density at radius 1 is 1.60 bits per heavy atom. The number of hydrogen-bond acceptors (Lipinski definition) is 4. The van der Waals surface area contributed by atoms with Crippen molar-refractivity contribution < 1.29 is 0 Å². The normalized spacial score (nSPS) is 13.6. The Labute approximate surface area is 56.0 Å². The van der Waals surface area contributed by atoms with Crippen LogP contribution in [0.2, 0.25) is 0 Å². The number of fused-ring (bicyclic) bond motifs is 1. The quantitative estimate of drug-likeness (QED) is 0.515. The maximum absolute atomic E-state index is 10.8. The predicted molar refractivity (Wildman–Crippen MR) is 33.0 cm³/mol. The van der Waals surface area contributed by atoms with Gasteiger partial charge in [0.2, 0.25) is 0 Å². The fourth-order valence-corrected chi connectivity index (χ4v) is 0.813. The summed E-state index contributed by atoms with van der Waals surface area (Å²) in [5, 5.41) is 7.37. The van der Waals surface area contributed by atoms with Crippen molar-refractivity contribution in [3.63, 3.8) is 0 Å². The van der Waals surface area contributed by atoms with Gasteiger partial charge in [0, 0.05) is 12.3 Å². The summed E-state index contributed by atoms with van der Waals surface area (Å²) < 4.78 is 1.40. The lowest BCUT2D eigenvalue weighted by Crippen LogP contribution is -2.19. The van der Waals surface area contributed by atoms with Crippen LogP contribution in [0.25, 0.3) is 0 Å². The van der Waals surface area contributed by atoms with Crippen LogP contribution in [0.3, 0.4) is 0 Å². The van der Waals surface area contributed by atoms with Crippen LogP contribution < -0.4 is 5.69 Å². The minimum absolute atomic E-state index is 0.289. The molecule has 0 N–H and O–H groups in total. The lowest BCUT2D eigenvalue weighted by molar-refractivity contribution is 0.718. The third-order valence-corrected chi connectivity index (χ3v) is 1.29. The largest absolute Gasteiger partial charge is 0.350 e. The van der Waals surface area contributed by atoms with E-state index >= 15 is 0 Å². The van der Waals surface area contributed by atoms with Crippen molar-refractivity contribution in [2.45, 2.75) is 6.67 Å². The van der Waals surface area contributed by atoms with Crippen molar-refractivity contribution in [1.29, 1.82) is 0 Å². The van der Waals surface area contributed by atoms with Crippen LogP contribution in [0.15, 0.2) is 27.3 Å². The van der Waals surface area contributed by atoms with Gasteiger partial charge in [0.15, 0.2) is 5.82 Å². The number of hydrogen-bond donors (Lipinski definition) is 0. The Kier molecular flexibility index (Phi) is 0.913. The minimum atomic E-state index is -0.289. The van der Waals surface area contributed by atoms with E-state index in [0.29, 0.717) is 12.5 Å². The molecule has 1 aromatic heterocycles. The molecule has 0 spiro atoms. The molecule has 1 aliphatic heterocycles. The van der Waals surface area contributed by atoms with Crippen molar-refractivity contribution in [2.75, 3.05) is 0 Å². The third kappa shape index (κ3) is 0.570. The maximum atomic E-state index is 10.8. The van der Waals surface area contributed by atoms with Crippen molar-refractivity contribution >= 4 is 5.82 Å². The van der Waals surface area contributed by atoms with Crippen LogP contribution in [0, 0.1) is 0 Å². The lowest BCUT2D eigenvalue weighted by Gasteiger charge is -1.93. The van der Waals surface area contributed by atoms with Crippen LogP contribution in [0.5, 0.6) is 0 Å². The highest BCUT2D eigenvalue weighted by Gasteiger charge is 2.06. The van der Waals surface area contributed by atoms with Gasteiger partial charge in [-0.3, -0.25) is 4.57 Å². The Morgan fingerprint density at radius 3 is 3.30 bits per heavy atom. The summed E-state index contributed by atoms with van der Waals surface area (Å²) in [6.07, 6.45) is 1.43. The molecule has 10 heavy (non-hydrogen) atoms. The van der Waals surface area contributed by atoms with Gasteiger partial charge in [-0.1, -0.05) is 0 Å². The molecule has 0 aromatic carbocycles. The molecule has 0 bridgehead atoms. The number of azo groups is 1. The molecular weight excluding hydrogens is 132 g/mol. The molecule has 5 nitrogen and oxygen atoms in total. The zero-order valence-corrected chi connectivity index (χ0v) is 5.06. The van der Waals surface area contributed by atoms with E-state index in [0.717, 1.165) is 0 Å². The molecule has 0 aliphatic carbocycles. The maximum Gasteiger partial charge on any atom is 0.350 e. The second kappa shape index (κ2) is 1.73. The van der Waals surface area contributed by atoms with Gasteiger partial charge >= 0.3 is 5.69 Å². The molecule has 50 valence electrons. The standard InChI is InChI=1S/C5H4N4O/c10-5-6-2-1-4-8-7-3-9(4)5/h1-2H,3H2. The second-order valence-corrected chi connectivity index (χ2v) is 1.90. The van der Waals surface area contributed by atoms with Gasteiger partial charge in [0.1, 0.15) is 6.67 Å². The topological polar surface area (TPSA) is 59.6 Å². The molecule has 0 saturated heterocycles. The van der Waals surface area contributed by atoms with Gasteiger partial charge in [-0.25, -0.2) is 9.78 Å². The summed E-state index contributed by atoms with van der Waals surface area (Å²) in [4.78, 5) is 14.4. The van der Waals surface area contributed by atoms with Gasteiger partial charge < -0.3 is 0 Å². The van der Waals surface area contributed by atoms with Gasteiger partial charge in [-0.05, 0) is 0 Å². The molecule has 0 radical (unpaired) electrons. The Balaban J connectivity index is 2.77. The summed E-state index contributed by atoms with van der Waals surface area (Å²) in [5.41, 5.74) is -0.289. The zero-order valence-electron chi connectivity index (χ0n) is 5.06. The SMILES string of the molecule is O=c1nccc2n1CN=N2. The van der Waals surface area contributed by atoms with E-state index in [4.69, 9.17) is 0 Å². The Hall–Kier alpha value is -1.52. The second-order valence-electron chi connectivity index (χ2n) is 1.90.